The maximum atomic E-state index is 11.8. The molecule has 0 radical (unpaired) electrons. The number of hydrogen-bond donors (Lipinski definition) is 2. The van der Waals surface area contributed by atoms with Crippen LogP contribution in [0.15, 0.2) is 36.4 Å². The van der Waals surface area contributed by atoms with E-state index in [1.807, 2.05) is 6.07 Å². The van der Waals surface area contributed by atoms with Crippen molar-refractivity contribution in [3.63, 3.8) is 0 Å². The van der Waals surface area contributed by atoms with Crippen molar-refractivity contribution in [3.05, 3.63) is 57.6 Å². The van der Waals surface area contributed by atoms with Crippen LogP contribution in [0.3, 0.4) is 0 Å². The number of aromatic hydroxyl groups is 1. The van der Waals surface area contributed by atoms with Crippen LogP contribution in [-0.2, 0) is 9.53 Å². The van der Waals surface area contributed by atoms with Crippen LogP contribution in [0.1, 0.15) is 15.9 Å². The van der Waals surface area contributed by atoms with Gasteiger partial charge in [-0.2, -0.15) is 5.26 Å². The van der Waals surface area contributed by atoms with Gasteiger partial charge in [-0.25, -0.2) is 4.79 Å². The zero-order valence-electron chi connectivity index (χ0n) is 12.0. The van der Waals surface area contributed by atoms with E-state index in [1.54, 1.807) is 0 Å². The van der Waals surface area contributed by atoms with Gasteiger partial charge in [0.2, 0.25) is 0 Å². The lowest BCUT2D eigenvalue weighted by Gasteiger charge is -2.08. The predicted molar refractivity (Wildman–Crippen MR) is 88.2 cm³/mol. The molecule has 0 bridgehead atoms. The summed E-state index contributed by atoms with van der Waals surface area (Å²) in [5.41, 5.74) is 0.486. The number of nitriles is 1. The second-order valence-corrected chi connectivity index (χ2v) is 5.44. The summed E-state index contributed by atoms with van der Waals surface area (Å²) in [6, 6.07) is 10.1. The van der Waals surface area contributed by atoms with E-state index in [0.29, 0.717) is 5.69 Å². The number of nitrogens with one attached hydrogen (secondary N) is 1. The van der Waals surface area contributed by atoms with Crippen LogP contribution in [-0.4, -0.2) is 23.6 Å². The number of ether oxygens (including phenoxy) is 1. The van der Waals surface area contributed by atoms with Gasteiger partial charge in [0, 0.05) is 10.7 Å². The Morgan fingerprint density at radius 3 is 2.62 bits per heavy atom. The monoisotopic (exact) mass is 364 g/mol. The molecule has 0 heterocycles. The minimum Gasteiger partial charge on any atom is -0.507 e. The maximum Gasteiger partial charge on any atom is 0.342 e. The molecule has 0 atom stereocenters. The molecule has 0 saturated heterocycles. The van der Waals surface area contributed by atoms with Crippen molar-refractivity contribution in [2.45, 2.75) is 0 Å². The molecule has 6 nitrogen and oxygen atoms in total. The lowest BCUT2D eigenvalue weighted by Crippen LogP contribution is -2.21. The van der Waals surface area contributed by atoms with Gasteiger partial charge in [0.15, 0.2) is 6.61 Å². The lowest BCUT2D eigenvalue weighted by molar-refractivity contribution is -0.119. The average molecular weight is 365 g/mol. The second kappa shape index (κ2) is 7.68. The molecule has 0 aliphatic heterocycles. The van der Waals surface area contributed by atoms with Crippen molar-refractivity contribution < 1.29 is 19.4 Å². The third kappa shape index (κ3) is 4.38. The molecule has 2 rings (SSSR count). The van der Waals surface area contributed by atoms with E-state index >= 15 is 0 Å². The summed E-state index contributed by atoms with van der Waals surface area (Å²) in [4.78, 5) is 23.6. The molecule has 0 aromatic heterocycles. The van der Waals surface area contributed by atoms with E-state index in [2.05, 4.69) is 5.32 Å². The summed E-state index contributed by atoms with van der Waals surface area (Å²) in [6.07, 6.45) is 0. The van der Waals surface area contributed by atoms with E-state index in [4.69, 9.17) is 33.2 Å². The van der Waals surface area contributed by atoms with Crippen LogP contribution in [0.4, 0.5) is 5.69 Å². The summed E-state index contributed by atoms with van der Waals surface area (Å²) in [6.45, 7) is -0.567. The highest BCUT2D eigenvalue weighted by Crippen LogP contribution is 2.22. The van der Waals surface area contributed by atoms with Gasteiger partial charge in [0.05, 0.1) is 10.6 Å². The smallest absolute Gasteiger partial charge is 0.342 e. The molecule has 2 N–H and O–H groups in total. The number of esters is 1. The van der Waals surface area contributed by atoms with Gasteiger partial charge < -0.3 is 15.2 Å². The van der Waals surface area contributed by atoms with E-state index in [9.17, 15) is 14.7 Å². The highest BCUT2D eigenvalue weighted by molar-refractivity contribution is 6.32. The first kappa shape index (κ1) is 17.6. The zero-order valence-corrected chi connectivity index (χ0v) is 13.6. The number of carbonyl (C=O) groups is 2. The van der Waals surface area contributed by atoms with Gasteiger partial charge >= 0.3 is 5.97 Å². The number of nitrogens with zero attached hydrogens (tertiary/aromatic N) is 1. The third-order valence-corrected chi connectivity index (χ3v) is 3.43. The normalized spacial score (nSPS) is 9.88. The van der Waals surface area contributed by atoms with Gasteiger partial charge in [0.1, 0.15) is 17.4 Å². The Labute approximate surface area is 147 Å². The van der Waals surface area contributed by atoms with E-state index < -0.39 is 18.5 Å². The Morgan fingerprint density at radius 1 is 1.21 bits per heavy atom. The number of anilines is 1. The van der Waals surface area contributed by atoms with Gasteiger partial charge in [-0.3, -0.25) is 4.79 Å². The van der Waals surface area contributed by atoms with Crippen LogP contribution < -0.4 is 5.32 Å². The summed E-state index contributed by atoms with van der Waals surface area (Å²) < 4.78 is 4.82. The molecule has 0 unspecified atom stereocenters. The average Bonchev–Trinajstić information content (AvgIpc) is 2.55. The number of phenols is 1. The van der Waals surface area contributed by atoms with Crippen molar-refractivity contribution in [3.8, 4) is 11.8 Å². The zero-order chi connectivity index (χ0) is 17.7. The molecular weight excluding hydrogens is 355 g/mol. The Bertz CT molecular complexity index is 846. The summed E-state index contributed by atoms with van der Waals surface area (Å²) in [5, 5.41) is 21.3. The molecule has 24 heavy (non-hydrogen) atoms. The van der Waals surface area contributed by atoms with Crippen LogP contribution in [0.5, 0.6) is 5.75 Å². The van der Waals surface area contributed by atoms with Crippen molar-refractivity contribution in [2.24, 2.45) is 0 Å². The standard InChI is InChI=1S/C16H10Cl2N2O4/c17-10-2-4-14(21)12(5-10)16(23)24-8-15(22)20-11-3-1-9(7-19)13(18)6-11/h1-6,21H,8H2,(H,20,22). The number of carbonyl (C=O) groups excluding carboxylic acids is 2. The van der Waals surface area contributed by atoms with Crippen LogP contribution in [0, 0.1) is 11.3 Å². The lowest BCUT2D eigenvalue weighted by atomic mass is 10.2. The molecule has 0 fully saturated rings. The van der Waals surface area contributed by atoms with Gasteiger partial charge in [-0.15, -0.1) is 0 Å². The molecule has 0 spiro atoms. The highest BCUT2D eigenvalue weighted by Gasteiger charge is 2.15. The molecule has 0 aliphatic carbocycles. The van der Waals surface area contributed by atoms with Crippen molar-refractivity contribution >= 4 is 40.8 Å². The molecular formula is C16H10Cl2N2O4. The van der Waals surface area contributed by atoms with Crippen molar-refractivity contribution in [1.29, 1.82) is 5.26 Å². The minimum absolute atomic E-state index is 0.142. The summed E-state index contributed by atoms with van der Waals surface area (Å²) in [5.74, 6) is -1.79. The molecule has 8 heteroatoms. The number of benzene rings is 2. The predicted octanol–water partition coefficient (Wildman–Crippen LogP) is 3.37. The first-order valence-corrected chi connectivity index (χ1v) is 7.31. The SMILES string of the molecule is N#Cc1ccc(NC(=O)COC(=O)c2cc(Cl)ccc2O)cc1Cl. The number of amides is 1. The quantitative estimate of drug-likeness (QED) is 0.810. The van der Waals surface area contributed by atoms with Crippen LogP contribution >= 0.6 is 23.2 Å². The summed E-state index contributed by atoms with van der Waals surface area (Å²) >= 11 is 11.6. The van der Waals surface area contributed by atoms with Crippen LogP contribution in [0.25, 0.3) is 0 Å². The summed E-state index contributed by atoms with van der Waals surface area (Å²) in [7, 11) is 0. The third-order valence-electron chi connectivity index (χ3n) is 2.89. The van der Waals surface area contributed by atoms with Crippen molar-refractivity contribution in [1.82, 2.24) is 0 Å². The largest absolute Gasteiger partial charge is 0.507 e. The van der Waals surface area contributed by atoms with E-state index in [-0.39, 0.29) is 26.9 Å². The fourth-order valence-electron chi connectivity index (χ4n) is 1.76. The first-order valence-electron chi connectivity index (χ1n) is 6.56. The van der Waals surface area contributed by atoms with Gasteiger partial charge in [-0.05, 0) is 36.4 Å². The molecule has 2 aromatic rings. The fraction of sp³-hybridized carbons (Fsp3) is 0.0625. The number of halogens is 2. The Kier molecular flexibility index (Phi) is 5.64. The fourth-order valence-corrected chi connectivity index (χ4v) is 2.16. The van der Waals surface area contributed by atoms with Gasteiger partial charge in [-0.1, -0.05) is 23.2 Å². The van der Waals surface area contributed by atoms with Crippen LogP contribution in [0.2, 0.25) is 10.0 Å². The topological polar surface area (TPSA) is 99.4 Å². The molecule has 0 aliphatic rings. The molecule has 0 saturated carbocycles. The van der Waals surface area contributed by atoms with Crippen molar-refractivity contribution in [2.75, 3.05) is 11.9 Å². The number of hydrogen-bond acceptors (Lipinski definition) is 5. The Balaban J connectivity index is 1.96. The van der Waals surface area contributed by atoms with E-state index in [0.717, 1.165) is 0 Å². The van der Waals surface area contributed by atoms with Gasteiger partial charge in [0.25, 0.3) is 5.91 Å². The number of rotatable bonds is 4. The van der Waals surface area contributed by atoms with E-state index in [1.165, 1.54) is 36.4 Å². The number of phenolic OH excluding ortho intramolecular Hbond substituents is 1. The first-order chi connectivity index (χ1) is 11.4. The Hall–Kier alpha value is -2.75. The molecule has 1 amide bonds. The Morgan fingerprint density at radius 2 is 1.96 bits per heavy atom. The second-order valence-electron chi connectivity index (χ2n) is 4.59. The minimum atomic E-state index is -0.886. The highest BCUT2D eigenvalue weighted by atomic mass is 35.5. The molecule has 122 valence electrons. The molecule has 2 aromatic carbocycles. The maximum absolute atomic E-state index is 11.8.